The zero-order chi connectivity index (χ0) is 9.07. The third-order valence-electron chi connectivity index (χ3n) is 1.26. The van der Waals surface area contributed by atoms with Gasteiger partial charge >= 0.3 is 0 Å². The minimum Gasteiger partial charge on any atom is -0.329 e. The molecule has 4 nitrogen and oxygen atoms in total. The molecule has 0 aromatic heterocycles. The number of nitrogens with two attached hydrogens (primary N) is 1. The van der Waals surface area contributed by atoms with E-state index in [0.717, 1.165) is 0 Å². The van der Waals surface area contributed by atoms with E-state index in [-0.39, 0.29) is 12.6 Å². The molecule has 0 spiro atoms. The molecule has 0 bridgehead atoms. The van der Waals surface area contributed by atoms with E-state index >= 15 is 0 Å². The quantitative estimate of drug-likeness (QED) is 0.622. The Morgan fingerprint density at radius 2 is 1.82 bits per heavy atom. The average Bonchev–Trinajstić information content (AvgIpc) is 1.83. The molecule has 1 atom stereocenters. The Bertz CT molecular complexity index is 199. The van der Waals surface area contributed by atoms with Gasteiger partial charge in [0.1, 0.15) is 0 Å². The summed E-state index contributed by atoms with van der Waals surface area (Å²) >= 11 is 0. The molecule has 0 saturated carbocycles. The average molecular weight is 180 g/mol. The Morgan fingerprint density at radius 1 is 1.36 bits per heavy atom. The van der Waals surface area contributed by atoms with Crippen molar-refractivity contribution in [1.82, 2.24) is 4.72 Å². The molecule has 0 aromatic carbocycles. The van der Waals surface area contributed by atoms with Crippen LogP contribution in [-0.4, -0.2) is 26.3 Å². The molecule has 0 aromatic rings. The second kappa shape index (κ2) is 4.04. The van der Waals surface area contributed by atoms with E-state index in [0.29, 0.717) is 0 Å². The molecule has 0 aliphatic rings. The van der Waals surface area contributed by atoms with E-state index in [1.165, 1.54) is 0 Å². The van der Waals surface area contributed by atoms with Crippen LogP contribution in [-0.2, 0) is 10.0 Å². The summed E-state index contributed by atoms with van der Waals surface area (Å²) in [4.78, 5) is 0. The largest absolute Gasteiger partial charge is 0.329 e. The van der Waals surface area contributed by atoms with Crippen molar-refractivity contribution in [3.63, 3.8) is 0 Å². The standard InChI is InChI=1S/C6H16N2O2S/c1-5(2)8-11(9,10)6(3)4-7/h5-6,8H,4,7H2,1-3H3. The fourth-order valence-electron chi connectivity index (χ4n) is 0.571. The molecular formula is C6H16N2O2S. The topological polar surface area (TPSA) is 72.2 Å². The van der Waals surface area contributed by atoms with Gasteiger partial charge < -0.3 is 5.73 Å². The second-order valence-electron chi connectivity index (χ2n) is 2.86. The van der Waals surface area contributed by atoms with Crippen LogP contribution in [0.15, 0.2) is 0 Å². The van der Waals surface area contributed by atoms with Gasteiger partial charge in [-0.05, 0) is 20.8 Å². The minimum absolute atomic E-state index is 0.0611. The molecule has 0 saturated heterocycles. The smallest absolute Gasteiger partial charge is 0.215 e. The number of hydrogen-bond donors (Lipinski definition) is 2. The van der Waals surface area contributed by atoms with Crippen molar-refractivity contribution < 1.29 is 8.42 Å². The predicted molar refractivity (Wildman–Crippen MR) is 45.7 cm³/mol. The van der Waals surface area contributed by atoms with Crippen molar-refractivity contribution in [2.75, 3.05) is 6.54 Å². The SMILES string of the molecule is CC(C)NS(=O)(=O)C(C)CN. The fraction of sp³-hybridized carbons (Fsp3) is 1.00. The highest BCUT2D eigenvalue weighted by atomic mass is 32.2. The van der Waals surface area contributed by atoms with Crippen LogP contribution in [0.25, 0.3) is 0 Å². The maximum atomic E-state index is 11.2. The van der Waals surface area contributed by atoms with Crippen LogP contribution in [0.3, 0.4) is 0 Å². The van der Waals surface area contributed by atoms with E-state index < -0.39 is 15.3 Å². The number of sulfonamides is 1. The maximum Gasteiger partial charge on any atom is 0.215 e. The first-order chi connectivity index (χ1) is 4.90. The van der Waals surface area contributed by atoms with E-state index in [9.17, 15) is 8.42 Å². The highest BCUT2D eigenvalue weighted by molar-refractivity contribution is 7.90. The van der Waals surface area contributed by atoms with Gasteiger partial charge in [-0.1, -0.05) is 0 Å². The van der Waals surface area contributed by atoms with Crippen molar-refractivity contribution in [1.29, 1.82) is 0 Å². The van der Waals surface area contributed by atoms with Crippen molar-refractivity contribution in [2.45, 2.75) is 32.1 Å². The Balaban J connectivity index is 4.23. The first-order valence-corrected chi connectivity index (χ1v) is 5.16. The Hall–Kier alpha value is -0.130. The first-order valence-electron chi connectivity index (χ1n) is 3.61. The molecule has 0 fully saturated rings. The van der Waals surface area contributed by atoms with Crippen molar-refractivity contribution in [3.8, 4) is 0 Å². The Labute approximate surface area is 68.2 Å². The summed E-state index contributed by atoms with van der Waals surface area (Å²) in [5, 5.41) is -0.509. The van der Waals surface area contributed by atoms with Gasteiger partial charge in [-0.3, -0.25) is 0 Å². The summed E-state index contributed by atoms with van der Waals surface area (Å²) in [7, 11) is -3.18. The van der Waals surface area contributed by atoms with Gasteiger partial charge in [0.25, 0.3) is 0 Å². The summed E-state index contributed by atoms with van der Waals surface area (Å²) < 4.78 is 24.8. The molecule has 0 aliphatic carbocycles. The van der Waals surface area contributed by atoms with Crippen LogP contribution in [0.4, 0.5) is 0 Å². The summed E-state index contributed by atoms with van der Waals surface area (Å²) in [6, 6.07) is -0.0611. The van der Waals surface area contributed by atoms with Crippen LogP contribution in [0.1, 0.15) is 20.8 Å². The lowest BCUT2D eigenvalue weighted by Crippen LogP contribution is -2.40. The van der Waals surface area contributed by atoms with E-state index in [4.69, 9.17) is 5.73 Å². The highest BCUT2D eigenvalue weighted by Crippen LogP contribution is 1.96. The molecule has 68 valence electrons. The fourth-order valence-corrected chi connectivity index (χ4v) is 1.71. The number of rotatable bonds is 4. The van der Waals surface area contributed by atoms with Crippen LogP contribution in [0.2, 0.25) is 0 Å². The van der Waals surface area contributed by atoms with E-state index in [1.807, 2.05) is 0 Å². The molecule has 5 heteroatoms. The molecule has 0 radical (unpaired) electrons. The molecule has 0 heterocycles. The molecule has 1 unspecified atom stereocenters. The molecule has 3 N–H and O–H groups in total. The van der Waals surface area contributed by atoms with Gasteiger partial charge in [-0.2, -0.15) is 0 Å². The third kappa shape index (κ3) is 3.69. The normalized spacial score (nSPS) is 15.4. The van der Waals surface area contributed by atoms with Crippen LogP contribution in [0.5, 0.6) is 0 Å². The molecule has 0 amide bonds. The number of nitrogens with one attached hydrogen (secondary N) is 1. The maximum absolute atomic E-state index is 11.2. The summed E-state index contributed by atoms with van der Waals surface area (Å²) in [5.74, 6) is 0. The Morgan fingerprint density at radius 3 is 2.09 bits per heavy atom. The zero-order valence-electron chi connectivity index (χ0n) is 7.16. The minimum atomic E-state index is -3.18. The second-order valence-corrected chi connectivity index (χ2v) is 4.99. The van der Waals surface area contributed by atoms with Crippen molar-refractivity contribution in [2.24, 2.45) is 5.73 Å². The van der Waals surface area contributed by atoms with E-state index in [2.05, 4.69) is 4.72 Å². The summed E-state index contributed by atoms with van der Waals surface area (Å²) in [5.41, 5.74) is 5.21. The number of hydrogen-bond acceptors (Lipinski definition) is 3. The van der Waals surface area contributed by atoms with Gasteiger partial charge in [0.05, 0.1) is 5.25 Å². The lowest BCUT2D eigenvalue weighted by molar-refractivity contribution is 0.557. The molecule has 0 aliphatic heterocycles. The first kappa shape index (κ1) is 10.9. The summed E-state index contributed by atoms with van der Waals surface area (Å²) in [6.45, 7) is 5.30. The van der Waals surface area contributed by atoms with Crippen LogP contribution < -0.4 is 10.5 Å². The van der Waals surface area contributed by atoms with Gasteiger partial charge in [0.15, 0.2) is 0 Å². The lowest BCUT2D eigenvalue weighted by atomic mass is 10.4. The van der Waals surface area contributed by atoms with E-state index in [1.54, 1.807) is 20.8 Å². The van der Waals surface area contributed by atoms with Crippen LogP contribution in [0, 0.1) is 0 Å². The predicted octanol–water partition coefficient (Wildman–Crippen LogP) is -0.339. The third-order valence-corrected chi connectivity index (χ3v) is 3.31. The zero-order valence-corrected chi connectivity index (χ0v) is 7.98. The van der Waals surface area contributed by atoms with Crippen LogP contribution >= 0.6 is 0 Å². The van der Waals surface area contributed by atoms with Crippen molar-refractivity contribution >= 4 is 10.0 Å². The Kier molecular flexibility index (Phi) is 3.99. The highest BCUT2D eigenvalue weighted by Gasteiger charge is 2.19. The van der Waals surface area contributed by atoms with Gasteiger partial charge in [0.2, 0.25) is 10.0 Å². The summed E-state index contributed by atoms with van der Waals surface area (Å²) in [6.07, 6.45) is 0. The van der Waals surface area contributed by atoms with Gasteiger partial charge in [-0.15, -0.1) is 0 Å². The van der Waals surface area contributed by atoms with Gasteiger partial charge in [0, 0.05) is 12.6 Å². The molecule has 0 rings (SSSR count). The molecular weight excluding hydrogens is 164 g/mol. The van der Waals surface area contributed by atoms with Gasteiger partial charge in [-0.25, -0.2) is 13.1 Å². The van der Waals surface area contributed by atoms with Crippen molar-refractivity contribution in [3.05, 3.63) is 0 Å². The molecule has 11 heavy (non-hydrogen) atoms. The monoisotopic (exact) mass is 180 g/mol. The lowest BCUT2D eigenvalue weighted by Gasteiger charge is -2.13.